The second-order valence-corrected chi connectivity index (χ2v) is 7.47. The standard InChI is InChI=1S/C17H23ClN2O4/c1-17(2,3)8-4-10-24-12-7-9-20(15(12)21)13-6-5-11(16(22)23)14(18)19-13/h5-6,12H,4,7-10H2,1-3H3,(H,22,23)/t12-/m0/s1. The predicted molar refractivity (Wildman–Crippen MR) is 91.6 cm³/mol. The van der Waals surface area contributed by atoms with Gasteiger partial charge < -0.3 is 9.84 Å². The average molecular weight is 355 g/mol. The Hall–Kier alpha value is -1.66. The van der Waals surface area contributed by atoms with E-state index in [0.717, 1.165) is 12.8 Å². The molecule has 1 N–H and O–H groups in total. The highest BCUT2D eigenvalue weighted by Crippen LogP contribution is 2.25. The predicted octanol–water partition coefficient (Wildman–Crippen LogP) is 3.38. The molecule has 1 atom stereocenters. The van der Waals surface area contributed by atoms with E-state index >= 15 is 0 Å². The number of ether oxygens (including phenoxy) is 1. The van der Waals surface area contributed by atoms with Crippen LogP contribution in [-0.2, 0) is 9.53 Å². The number of nitrogens with zero attached hydrogens (tertiary/aromatic N) is 2. The summed E-state index contributed by atoms with van der Waals surface area (Å²) in [6.45, 7) is 7.55. The summed E-state index contributed by atoms with van der Waals surface area (Å²) in [4.78, 5) is 28.9. The van der Waals surface area contributed by atoms with Gasteiger partial charge in [0.1, 0.15) is 17.1 Å². The second-order valence-electron chi connectivity index (χ2n) is 7.12. The summed E-state index contributed by atoms with van der Waals surface area (Å²) in [7, 11) is 0. The van der Waals surface area contributed by atoms with Crippen molar-refractivity contribution in [3.63, 3.8) is 0 Å². The van der Waals surface area contributed by atoms with Gasteiger partial charge in [-0.2, -0.15) is 0 Å². The molecule has 0 aromatic carbocycles. The maximum absolute atomic E-state index is 12.4. The third kappa shape index (κ3) is 4.68. The lowest BCUT2D eigenvalue weighted by Crippen LogP contribution is -2.31. The zero-order chi connectivity index (χ0) is 17.9. The van der Waals surface area contributed by atoms with Crippen molar-refractivity contribution >= 4 is 29.3 Å². The molecule has 0 saturated carbocycles. The van der Waals surface area contributed by atoms with Crippen molar-refractivity contribution in [2.75, 3.05) is 18.1 Å². The normalized spacial score (nSPS) is 18.2. The maximum Gasteiger partial charge on any atom is 0.338 e. The van der Waals surface area contributed by atoms with Gasteiger partial charge in [-0.15, -0.1) is 0 Å². The van der Waals surface area contributed by atoms with Gasteiger partial charge in [0.15, 0.2) is 0 Å². The molecule has 24 heavy (non-hydrogen) atoms. The molecule has 1 fully saturated rings. The topological polar surface area (TPSA) is 79.7 Å². The number of carboxylic acids is 1. The van der Waals surface area contributed by atoms with Crippen LogP contribution < -0.4 is 4.90 Å². The molecule has 1 aromatic rings. The lowest BCUT2D eigenvalue weighted by molar-refractivity contribution is -0.127. The van der Waals surface area contributed by atoms with Crippen molar-refractivity contribution in [2.24, 2.45) is 5.41 Å². The molecule has 6 nitrogen and oxygen atoms in total. The number of aromatic carboxylic acids is 1. The average Bonchev–Trinajstić information content (AvgIpc) is 2.83. The highest BCUT2D eigenvalue weighted by molar-refractivity contribution is 6.32. The fourth-order valence-corrected chi connectivity index (χ4v) is 2.83. The highest BCUT2D eigenvalue weighted by Gasteiger charge is 2.34. The van der Waals surface area contributed by atoms with Crippen LogP contribution in [-0.4, -0.2) is 41.2 Å². The largest absolute Gasteiger partial charge is 0.478 e. The first-order chi connectivity index (χ1) is 11.2. The van der Waals surface area contributed by atoms with Gasteiger partial charge in [-0.1, -0.05) is 32.4 Å². The molecule has 1 saturated heterocycles. The van der Waals surface area contributed by atoms with Crippen LogP contribution in [0.1, 0.15) is 50.4 Å². The number of halogens is 1. The first-order valence-electron chi connectivity index (χ1n) is 8.02. The quantitative estimate of drug-likeness (QED) is 0.625. The van der Waals surface area contributed by atoms with Crippen LogP contribution in [0, 0.1) is 5.41 Å². The van der Waals surface area contributed by atoms with E-state index in [1.165, 1.54) is 17.0 Å². The molecular weight excluding hydrogens is 332 g/mol. The number of aromatic nitrogens is 1. The van der Waals surface area contributed by atoms with E-state index in [0.29, 0.717) is 25.4 Å². The highest BCUT2D eigenvalue weighted by atomic mass is 35.5. The number of hydrogen-bond acceptors (Lipinski definition) is 4. The summed E-state index contributed by atoms with van der Waals surface area (Å²) in [6, 6.07) is 2.85. The fraction of sp³-hybridized carbons (Fsp3) is 0.588. The lowest BCUT2D eigenvalue weighted by Gasteiger charge is -2.19. The first-order valence-corrected chi connectivity index (χ1v) is 8.39. The third-order valence-corrected chi connectivity index (χ3v) is 4.18. The van der Waals surface area contributed by atoms with Crippen molar-refractivity contribution in [3.8, 4) is 0 Å². The molecule has 2 heterocycles. The molecule has 1 aromatic heterocycles. The Morgan fingerprint density at radius 2 is 2.17 bits per heavy atom. The van der Waals surface area contributed by atoms with Gasteiger partial charge in [0.2, 0.25) is 0 Å². The minimum absolute atomic E-state index is 0.0814. The molecule has 1 amide bonds. The molecule has 0 aliphatic carbocycles. The van der Waals surface area contributed by atoms with Crippen LogP contribution in [0.4, 0.5) is 5.82 Å². The molecule has 0 radical (unpaired) electrons. The molecule has 7 heteroatoms. The van der Waals surface area contributed by atoms with Gasteiger partial charge in [0.25, 0.3) is 5.91 Å². The molecular formula is C17H23ClN2O4. The van der Waals surface area contributed by atoms with Gasteiger partial charge in [0.05, 0.1) is 5.56 Å². The zero-order valence-corrected chi connectivity index (χ0v) is 15.0. The Kier molecular flexibility index (Phi) is 5.83. The van der Waals surface area contributed by atoms with Crippen molar-refractivity contribution in [2.45, 2.75) is 46.1 Å². The minimum atomic E-state index is -1.15. The Labute approximate surface area is 146 Å². The lowest BCUT2D eigenvalue weighted by atomic mass is 9.91. The summed E-state index contributed by atoms with van der Waals surface area (Å²) in [5.74, 6) is -0.944. The fourth-order valence-electron chi connectivity index (χ4n) is 2.60. The number of carbonyl (C=O) groups is 2. The van der Waals surface area contributed by atoms with Gasteiger partial charge in [-0.05, 0) is 30.4 Å². The first kappa shape index (κ1) is 18.7. The molecule has 0 unspecified atom stereocenters. The van der Waals surface area contributed by atoms with Crippen molar-refractivity contribution in [3.05, 3.63) is 22.8 Å². The van der Waals surface area contributed by atoms with E-state index in [1.54, 1.807) is 0 Å². The van der Waals surface area contributed by atoms with E-state index in [9.17, 15) is 9.59 Å². The van der Waals surface area contributed by atoms with E-state index in [-0.39, 0.29) is 22.0 Å². The Balaban J connectivity index is 1.94. The molecule has 132 valence electrons. The second kappa shape index (κ2) is 7.49. The molecule has 1 aliphatic rings. The molecule has 2 rings (SSSR count). The van der Waals surface area contributed by atoms with Gasteiger partial charge in [-0.25, -0.2) is 9.78 Å². The number of hydrogen-bond donors (Lipinski definition) is 1. The van der Waals surface area contributed by atoms with Crippen LogP contribution in [0.3, 0.4) is 0 Å². The van der Waals surface area contributed by atoms with E-state index < -0.39 is 12.1 Å². The summed E-state index contributed by atoms with van der Waals surface area (Å²) >= 11 is 5.87. The minimum Gasteiger partial charge on any atom is -0.478 e. The van der Waals surface area contributed by atoms with Crippen LogP contribution in [0.5, 0.6) is 0 Å². The van der Waals surface area contributed by atoms with Crippen molar-refractivity contribution in [1.29, 1.82) is 0 Å². The van der Waals surface area contributed by atoms with Gasteiger partial charge in [0, 0.05) is 19.6 Å². The van der Waals surface area contributed by atoms with Crippen LogP contribution in [0.15, 0.2) is 12.1 Å². The van der Waals surface area contributed by atoms with E-state index in [2.05, 4.69) is 25.8 Å². The number of carboxylic acid groups (broad SMARTS) is 1. The summed E-state index contributed by atoms with van der Waals surface area (Å²) in [5.41, 5.74) is 0.170. The third-order valence-electron chi connectivity index (χ3n) is 3.89. The number of carbonyl (C=O) groups excluding carboxylic acids is 1. The number of anilines is 1. The van der Waals surface area contributed by atoms with Crippen LogP contribution >= 0.6 is 11.6 Å². The van der Waals surface area contributed by atoms with Gasteiger partial charge in [-0.3, -0.25) is 9.69 Å². The number of rotatable bonds is 6. The van der Waals surface area contributed by atoms with Crippen molar-refractivity contribution < 1.29 is 19.4 Å². The Morgan fingerprint density at radius 3 is 2.75 bits per heavy atom. The Bertz CT molecular complexity index is 628. The maximum atomic E-state index is 12.4. The summed E-state index contributed by atoms with van der Waals surface area (Å²) < 4.78 is 5.71. The number of amides is 1. The van der Waals surface area contributed by atoms with Gasteiger partial charge >= 0.3 is 5.97 Å². The van der Waals surface area contributed by atoms with Crippen molar-refractivity contribution in [1.82, 2.24) is 4.98 Å². The molecule has 0 spiro atoms. The molecule has 0 bridgehead atoms. The van der Waals surface area contributed by atoms with E-state index in [4.69, 9.17) is 21.4 Å². The SMILES string of the molecule is CC(C)(C)CCCO[C@H]1CCN(c2ccc(C(=O)O)c(Cl)n2)C1=O. The molecule has 1 aliphatic heterocycles. The smallest absolute Gasteiger partial charge is 0.338 e. The summed E-state index contributed by atoms with van der Waals surface area (Å²) in [5, 5.41) is 8.85. The van der Waals surface area contributed by atoms with Crippen LogP contribution in [0.25, 0.3) is 0 Å². The van der Waals surface area contributed by atoms with E-state index in [1.807, 2.05) is 0 Å². The number of pyridine rings is 1. The summed E-state index contributed by atoms with van der Waals surface area (Å²) in [6.07, 6.45) is 2.06. The zero-order valence-electron chi connectivity index (χ0n) is 14.2. The van der Waals surface area contributed by atoms with Crippen LogP contribution in [0.2, 0.25) is 5.15 Å². The Morgan fingerprint density at radius 1 is 1.46 bits per heavy atom. The monoisotopic (exact) mass is 354 g/mol.